The number of halogens is 1. The first-order valence-corrected chi connectivity index (χ1v) is 8.95. The number of hydrogen-bond donors (Lipinski definition) is 1. The lowest BCUT2D eigenvalue weighted by Gasteiger charge is -2.22. The highest BCUT2D eigenvalue weighted by molar-refractivity contribution is 6.30. The smallest absolute Gasteiger partial charge is 0.227 e. The van der Waals surface area contributed by atoms with Crippen LogP contribution in [0.1, 0.15) is 31.2 Å². The molecule has 0 radical (unpaired) electrons. The van der Waals surface area contributed by atoms with Crippen LogP contribution in [0.5, 0.6) is 0 Å². The van der Waals surface area contributed by atoms with Crippen molar-refractivity contribution in [3.63, 3.8) is 0 Å². The fourth-order valence-corrected chi connectivity index (χ4v) is 3.19. The van der Waals surface area contributed by atoms with E-state index in [1.54, 1.807) is 24.3 Å². The number of hydrogen-bond acceptors (Lipinski definition) is 2. The van der Waals surface area contributed by atoms with Gasteiger partial charge in [0.1, 0.15) is 0 Å². The first-order valence-electron chi connectivity index (χ1n) is 8.57. The SMILES string of the molecule is O=C(CCC(=O)N1CCCCc2ccccc21)Nc1ccc(Cl)cc1. The molecule has 0 saturated carbocycles. The summed E-state index contributed by atoms with van der Waals surface area (Å²) in [6.45, 7) is 0.717. The number of para-hydroxylation sites is 1. The molecule has 0 atom stereocenters. The van der Waals surface area contributed by atoms with Crippen molar-refractivity contribution in [3.8, 4) is 0 Å². The molecule has 0 aromatic heterocycles. The van der Waals surface area contributed by atoms with Gasteiger partial charge in [-0.3, -0.25) is 9.59 Å². The molecule has 130 valence electrons. The molecule has 0 spiro atoms. The van der Waals surface area contributed by atoms with E-state index >= 15 is 0 Å². The number of nitrogens with zero attached hydrogens (tertiary/aromatic N) is 1. The largest absolute Gasteiger partial charge is 0.326 e. The maximum absolute atomic E-state index is 12.6. The van der Waals surface area contributed by atoms with Crippen LogP contribution in [-0.4, -0.2) is 18.4 Å². The van der Waals surface area contributed by atoms with Gasteiger partial charge in [0.2, 0.25) is 11.8 Å². The fourth-order valence-electron chi connectivity index (χ4n) is 3.06. The summed E-state index contributed by atoms with van der Waals surface area (Å²) in [5.41, 5.74) is 2.88. The number of aryl methyl sites for hydroxylation is 1. The first kappa shape index (κ1) is 17.5. The van der Waals surface area contributed by atoms with E-state index in [2.05, 4.69) is 11.4 Å². The van der Waals surface area contributed by atoms with E-state index in [-0.39, 0.29) is 24.7 Å². The lowest BCUT2D eigenvalue weighted by molar-refractivity contribution is -0.122. The third-order valence-electron chi connectivity index (χ3n) is 4.36. The maximum atomic E-state index is 12.6. The molecule has 1 aliphatic rings. The predicted molar refractivity (Wildman–Crippen MR) is 101 cm³/mol. The highest BCUT2D eigenvalue weighted by Gasteiger charge is 2.21. The van der Waals surface area contributed by atoms with E-state index in [4.69, 9.17) is 11.6 Å². The Labute approximate surface area is 152 Å². The van der Waals surface area contributed by atoms with Crippen molar-refractivity contribution in [2.24, 2.45) is 0 Å². The van der Waals surface area contributed by atoms with Gasteiger partial charge in [0.15, 0.2) is 0 Å². The topological polar surface area (TPSA) is 49.4 Å². The average molecular weight is 357 g/mol. The lowest BCUT2D eigenvalue weighted by Crippen LogP contribution is -2.32. The Morgan fingerprint density at radius 3 is 2.56 bits per heavy atom. The van der Waals surface area contributed by atoms with Crippen molar-refractivity contribution in [2.75, 3.05) is 16.8 Å². The van der Waals surface area contributed by atoms with Gasteiger partial charge >= 0.3 is 0 Å². The molecule has 0 unspecified atom stereocenters. The number of carbonyl (C=O) groups excluding carboxylic acids is 2. The average Bonchev–Trinajstić information content (AvgIpc) is 2.84. The van der Waals surface area contributed by atoms with E-state index in [1.807, 2.05) is 23.1 Å². The second-order valence-electron chi connectivity index (χ2n) is 6.19. The Balaban J connectivity index is 1.59. The van der Waals surface area contributed by atoms with Crippen LogP contribution >= 0.6 is 11.6 Å². The molecule has 1 aliphatic heterocycles. The summed E-state index contributed by atoms with van der Waals surface area (Å²) >= 11 is 5.83. The maximum Gasteiger partial charge on any atom is 0.227 e. The van der Waals surface area contributed by atoms with Crippen molar-refractivity contribution in [2.45, 2.75) is 32.1 Å². The molecule has 2 aromatic carbocycles. The molecule has 0 saturated heterocycles. The van der Waals surface area contributed by atoms with E-state index in [0.717, 1.165) is 24.9 Å². The number of nitrogens with one attached hydrogen (secondary N) is 1. The van der Waals surface area contributed by atoms with Gasteiger partial charge in [0.25, 0.3) is 0 Å². The Bertz CT molecular complexity index is 759. The van der Waals surface area contributed by atoms with Crippen LogP contribution in [0.25, 0.3) is 0 Å². The van der Waals surface area contributed by atoms with Crippen LogP contribution in [0.15, 0.2) is 48.5 Å². The second kappa shape index (κ2) is 8.17. The number of amides is 2. The molecular weight excluding hydrogens is 336 g/mol. The van der Waals surface area contributed by atoms with Gasteiger partial charge in [-0.25, -0.2) is 0 Å². The lowest BCUT2D eigenvalue weighted by atomic mass is 10.1. The molecule has 5 heteroatoms. The molecule has 0 bridgehead atoms. The van der Waals surface area contributed by atoms with E-state index in [9.17, 15) is 9.59 Å². The second-order valence-corrected chi connectivity index (χ2v) is 6.62. The first-order chi connectivity index (χ1) is 12.1. The van der Waals surface area contributed by atoms with Crippen LogP contribution in [-0.2, 0) is 16.0 Å². The summed E-state index contributed by atoms with van der Waals surface area (Å²) < 4.78 is 0. The highest BCUT2D eigenvalue weighted by Crippen LogP contribution is 2.26. The summed E-state index contributed by atoms with van der Waals surface area (Å²) in [7, 11) is 0. The standard InChI is InChI=1S/C20H21ClN2O2/c21-16-8-10-17(11-9-16)22-19(24)12-13-20(25)23-14-4-3-6-15-5-1-2-7-18(15)23/h1-2,5,7-11H,3-4,6,12-14H2,(H,22,24). The van der Waals surface area contributed by atoms with Crippen molar-refractivity contribution in [1.82, 2.24) is 0 Å². The van der Waals surface area contributed by atoms with E-state index in [0.29, 0.717) is 17.3 Å². The third-order valence-corrected chi connectivity index (χ3v) is 4.61. The normalized spacial score (nSPS) is 13.7. The fraction of sp³-hybridized carbons (Fsp3) is 0.300. The molecule has 2 amide bonds. The molecule has 0 fully saturated rings. The zero-order valence-electron chi connectivity index (χ0n) is 14.0. The molecule has 0 aliphatic carbocycles. The highest BCUT2D eigenvalue weighted by atomic mass is 35.5. The molecule has 3 rings (SSSR count). The van der Waals surface area contributed by atoms with Crippen molar-refractivity contribution in [1.29, 1.82) is 0 Å². The quantitative estimate of drug-likeness (QED) is 0.881. The summed E-state index contributed by atoms with van der Waals surface area (Å²) in [6, 6.07) is 15.0. The summed E-state index contributed by atoms with van der Waals surface area (Å²) in [5, 5.41) is 3.41. The minimum absolute atomic E-state index is 0.000561. The molecule has 25 heavy (non-hydrogen) atoms. The number of carbonyl (C=O) groups is 2. The van der Waals surface area contributed by atoms with Crippen LogP contribution in [0.4, 0.5) is 11.4 Å². The summed E-state index contributed by atoms with van der Waals surface area (Å²) in [6.07, 6.45) is 3.43. The minimum atomic E-state index is -0.168. The van der Waals surface area contributed by atoms with Gasteiger partial charge in [-0.05, 0) is 55.2 Å². The molecule has 4 nitrogen and oxygen atoms in total. The van der Waals surface area contributed by atoms with Gasteiger partial charge < -0.3 is 10.2 Å². The third kappa shape index (κ3) is 4.60. The van der Waals surface area contributed by atoms with Gasteiger partial charge in [0.05, 0.1) is 0 Å². The van der Waals surface area contributed by atoms with Crippen LogP contribution in [0, 0.1) is 0 Å². The Kier molecular flexibility index (Phi) is 5.71. The number of rotatable bonds is 4. The monoisotopic (exact) mass is 356 g/mol. The molecule has 1 heterocycles. The number of fused-ring (bicyclic) bond motifs is 1. The van der Waals surface area contributed by atoms with E-state index in [1.165, 1.54) is 5.56 Å². The Morgan fingerprint density at radius 1 is 1.00 bits per heavy atom. The zero-order valence-corrected chi connectivity index (χ0v) is 14.8. The van der Waals surface area contributed by atoms with Crippen molar-refractivity contribution in [3.05, 3.63) is 59.1 Å². The predicted octanol–water partition coefficient (Wildman–Crippen LogP) is 4.43. The van der Waals surface area contributed by atoms with Crippen LogP contribution in [0.3, 0.4) is 0 Å². The van der Waals surface area contributed by atoms with Gasteiger partial charge in [-0.2, -0.15) is 0 Å². The van der Waals surface area contributed by atoms with Crippen LogP contribution in [0.2, 0.25) is 5.02 Å². The van der Waals surface area contributed by atoms with Crippen LogP contribution < -0.4 is 10.2 Å². The number of anilines is 2. The van der Waals surface area contributed by atoms with Crippen molar-refractivity contribution < 1.29 is 9.59 Å². The number of benzene rings is 2. The summed E-state index contributed by atoms with van der Waals surface area (Å²) in [5.74, 6) is -0.167. The van der Waals surface area contributed by atoms with E-state index < -0.39 is 0 Å². The molecule has 1 N–H and O–H groups in total. The zero-order chi connectivity index (χ0) is 17.6. The molecule has 2 aromatic rings. The van der Waals surface area contributed by atoms with Crippen molar-refractivity contribution >= 4 is 34.8 Å². The molecular formula is C20H21ClN2O2. The Hall–Kier alpha value is -2.33. The van der Waals surface area contributed by atoms with Gasteiger partial charge in [-0.1, -0.05) is 29.8 Å². The Morgan fingerprint density at radius 2 is 1.76 bits per heavy atom. The minimum Gasteiger partial charge on any atom is -0.326 e. The van der Waals surface area contributed by atoms with Gasteiger partial charge in [-0.15, -0.1) is 0 Å². The van der Waals surface area contributed by atoms with Gasteiger partial charge in [0, 0.05) is 35.8 Å². The summed E-state index contributed by atoms with van der Waals surface area (Å²) in [4.78, 5) is 26.6.